The largest absolute Gasteiger partial charge is 0.300 e. The van der Waals surface area contributed by atoms with Crippen molar-refractivity contribution in [3.63, 3.8) is 0 Å². The van der Waals surface area contributed by atoms with Crippen molar-refractivity contribution in [2.24, 2.45) is 0 Å². The second-order valence-corrected chi connectivity index (χ2v) is 5.73. The third-order valence-electron chi connectivity index (χ3n) is 1.80. The van der Waals surface area contributed by atoms with Gasteiger partial charge >= 0.3 is 0 Å². The van der Waals surface area contributed by atoms with Gasteiger partial charge in [-0.05, 0) is 25.1 Å². The van der Waals surface area contributed by atoms with E-state index in [0.717, 1.165) is 4.90 Å². The van der Waals surface area contributed by atoms with E-state index in [-0.39, 0.29) is 11.0 Å². The van der Waals surface area contributed by atoms with Crippen molar-refractivity contribution in [2.75, 3.05) is 0 Å². The lowest BCUT2D eigenvalue weighted by atomic mass is 10.2. The minimum absolute atomic E-state index is 0.195. The van der Waals surface area contributed by atoms with Crippen LogP contribution in [0.5, 0.6) is 0 Å². The van der Waals surface area contributed by atoms with Crippen molar-refractivity contribution in [2.45, 2.75) is 30.4 Å². The molecule has 0 N–H and O–H groups in total. The standard InChI is InChI=1S/C11H12Cl2OS/c1-7(14)5-8(2)15-11-4-3-9(12)6-10(11)13/h3-4,6,8H,5H2,1-2H3. The molecule has 0 bridgehead atoms. The van der Waals surface area contributed by atoms with Crippen LogP contribution in [0.25, 0.3) is 0 Å². The van der Waals surface area contributed by atoms with Gasteiger partial charge in [0, 0.05) is 21.6 Å². The maximum Gasteiger partial charge on any atom is 0.130 e. The molecular weight excluding hydrogens is 251 g/mol. The average molecular weight is 263 g/mol. The molecule has 0 aliphatic rings. The summed E-state index contributed by atoms with van der Waals surface area (Å²) in [5.41, 5.74) is 0. The second kappa shape index (κ2) is 5.78. The van der Waals surface area contributed by atoms with Crippen molar-refractivity contribution in [1.29, 1.82) is 0 Å². The number of hydrogen-bond donors (Lipinski definition) is 0. The van der Waals surface area contributed by atoms with Crippen molar-refractivity contribution < 1.29 is 4.79 Å². The van der Waals surface area contributed by atoms with Gasteiger partial charge < -0.3 is 0 Å². The highest BCUT2D eigenvalue weighted by Gasteiger charge is 2.09. The molecular formula is C11H12Cl2OS. The highest BCUT2D eigenvalue weighted by atomic mass is 35.5. The first-order chi connectivity index (χ1) is 6.99. The van der Waals surface area contributed by atoms with Crippen molar-refractivity contribution in [3.05, 3.63) is 28.2 Å². The SMILES string of the molecule is CC(=O)CC(C)Sc1ccc(Cl)cc1Cl. The van der Waals surface area contributed by atoms with Gasteiger partial charge in [-0.2, -0.15) is 0 Å². The summed E-state index contributed by atoms with van der Waals surface area (Å²) in [5, 5.41) is 1.51. The van der Waals surface area contributed by atoms with Crippen LogP contribution in [-0.2, 0) is 4.79 Å². The zero-order valence-corrected chi connectivity index (χ0v) is 10.9. The molecule has 0 saturated heterocycles. The summed E-state index contributed by atoms with van der Waals surface area (Å²) < 4.78 is 0. The minimum Gasteiger partial charge on any atom is -0.300 e. The first-order valence-electron chi connectivity index (χ1n) is 4.60. The lowest BCUT2D eigenvalue weighted by Gasteiger charge is -2.10. The molecule has 15 heavy (non-hydrogen) atoms. The summed E-state index contributed by atoms with van der Waals surface area (Å²) in [6, 6.07) is 5.40. The predicted octanol–water partition coefficient (Wildman–Crippen LogP) is 4.45. The first kappa shape index (κ1) is 12.9. The maximum absolute atomic E-state index is 10.9. The number of hydrogen-bond acceptors (Lipinski definition) is 2. The molecule has 1 atom stereocenters. The molecule has 0 aliphatic carbocycles. The molecule has 1 unspecified atom stereocenters. The van der Waals surface area contributed by atoms with E-state index < -0.39 is 0 Å². The predicted molar refractivity (Wildman–Crippen MR) is 67.1 cm³/mol. The van der Waals surface area contributed by atoms with E-state index in [1.54, 1.807) is 30.8 Å². The number of thioether (sulfide) groups is 1. The fourth-order valence-corrected chi connectivity index (χ4v) is 2.85. The van der Waals surface area contributed by atoms with E-state index in [2.05, 4.69) is 0 Å². The molecule has 0 fully saturated rings. The van der Waals surface area contributed by atoms with E-state index in [4.69, 9.17) is 23.2 Å². The van der Waals surface area contributed by atoms with E-state index in [9.17, 15) is 4.79 Å². The Morgan fingerprint density at radius 2 is 2.13 bits per heavy atom. The Morgan fingerprint density at radius 3 is 2.67 bits per heavy atom. The van der Waals surface area contributed by atoms with E-state index in [1.165, 1.54) is 0 Å². The summed E-state index contributed by atoms with van der Waals surface area (Å²) in [7, 11) is 0. The van der Waals surface area contributed by atoms with E-state index in [1.807, 2.05) is 13.0 Å². The van der Waals surface area contributed by atoms with Gasteiger partial charge in [-0.25, -0.2) is 0 Å². The molecule has 1 aromatic carbocycles. The van der Waals surface area contributed by atoms with Crippen LogP contribution in [0.2, 0.25) is 10.0 Å². The fourth-order valence-electron chi connectivity index (χ4n) is 1.23. The number of halogens is 2. The fraction of sp³-hybridized carbons (Fsp3) is 0.364. The first-order valence-corrected chi connectivity index (χ1v) is 6.23. The molecule has 0 spiro atoms. The van der Waals surface area contributed by atoms with Crippen LogP contribution in [0.4, 0.5) is 0 Å². The monoisotopic (exact) mass is 262 g/mol. The Kier molecular flexibility index (Phi) is 4.97. The third kappa shape index (κ3) is 4.45. The summed E-state index contributed by atoms with van der Waals surface area (Å²) in [5.74, 6) is 0.195. The van der Waals surface area contributed by atoms with Crippen LogP contribution < -0.4 is 0 Å². The summed E-state index contributed by atoms with van der Waals surface area (Å²) in [4.78, 5) is 11.9. The van der Waals surface area contributed by atoms with Crippen LogP contribution in [0.1, 0.15) is 20.3 Å². The zero-order valence-electron chi connectivity index (χ0n) is 8.59. The number of ketones is 1. The maximum atomic E-state index is 10.9. The number of Topliss-reactive ketones (excluding diaryl/α,β-unsaturated/α-hetero) is 1. The van der Waals surface area contributed by atoms with Crippen LogP contribution in [0.3, 0.4) is 0 Å². The smallest absolute Gasteiger partial charge is 0.130 e. The second-order valence-electron chi connectivity index (χ2n) is 3.41. The Labute approximate surface area is 104 Å². The van der Waals surface area contributed by atoms with Crippen LogP contribution in [0.15, 0.2) is 23.1 Å². The van der Waals surface area contributed by atoms with Gasteiger partial charge in [0.2, 0.25) is 0 Å². The molecule has 1 rings (SSSR count). The van der Waals surface area contributed by atoms with Crippen molar-refractivity contribution in [1.82, 2.24) is 0 Å². The van der Waals surface area contributed by atoms with Crippen molar-refractivity contribution >= 4 is 40.7 Å². The number of carbonyl (C=O) groups excluding carboxylic acids is 1. The van der Waals surface area contributed by atoms with Gasteiger partial charge in [0.25, 0.3) is 0 Å². The molecule has 1 nitrogen and oxygen atoms in total. The number of benzene rings is 1. The molecule has 0 amide bonds. The van der Waals surface area contributed by atoms with E-state index in [0.29, 0.717) is 16.5 Å². The molecule has 4 heteroatoms. The highest BCUT2D eigenvalue weighted by Crippen LogP contribution is 2.33. The van der Waals surface area contributed by atoms with Crippen molar-refractivity contribution in [3.8, 4) is 0 Å². The number of rotatable bonds is 4. The average Bonchev–Trinajstić information content (AvgIpc) is 2.08. The Morgan fingerprint density at radius 1 is 1.47 bits per heavy atom. The summed E-state index contributed by atoms with van der Waals surface area (Å²) in [6.45, 7) is 3.61. The molecule has 0 aromatic heterocycles. The van der Waals surface area contributed by atoms with Crippen LogP contribution in [-0.4, -0.2) is 11.0 Å². The van der Waals surface area contributed by atoms with Gasteiger partial charge in [-0.15, -0.1) is 11.8 Å². The van der Waals surface area contributed by atoms with E-state index >= 15 is 0 Å². The molecule has 82 valence electrons. The molecule has 0 radical (unpaired) electrons. The highest BCUT2D eigenvalue weighted by molar-refractivity contribution is 8.00. The van der Waals surface area contributed by atoms with Gasteiger partial charge in [-0.3, -0.25) is 4.79 Å². The molecule has 0 saturated carbocycles. The summed E-state index contributed by atoms with van der Waals surface area (Å²) >= 11 is 13.4. The Bertz CT molecular complexity index is 366. The van der Waals surface area contributed by atoms with Crippen LogP contribution in [0, 0.1) is 0 Å². The normalized spacial score (nSPS) is 12.5. The van der Waals surface area contributed by atoms with Gasteiger partial charge in [-0.1, -0.05) is 30.1 Å². The van der Waals surface area contributed by atoms with Crippen LogP contribution >= 0.6 is 35.0 Å². The number of carbonyl (C=O) groups is 1. The lowest BCUT2D eigenvalue weighted by Crippen LogP contribution is -2.02. The summed E-state index contributed by atoms with van der Waals surface area (Å²) in [6.07, 6.45) is 0.559. The quantitative estimate of drug-likeness (QED) is 0.746. The molecule has 0 aliphatic heterocycles. The van der Waals surface area contributed by atoms with Gasteiger partial charge in [0.1, 0.15) is 5.78 Å². The topological polar surface area (TPSA) is 17.1 Å². The van der Waals surface area contributed by atoms with Gasteiger partial charge in [0.15, 0.2) is 0 Å². The minimum atomic E-state index is 0.195. The molecule has 1 aromatic rings. The Balaban J connectivity index is 2.68. The van der Waals surface area contributed by atoms with Gasteiger partial charge in [0.05, 0.1) is 5.02 Å². The third-order valence-corrected chi connectivity index (χ3v) is 3.64. The molecule has 0 heterocycles. The lowest BCUT2D eigenvalue weighted by molar-refractivity contribution is -0.116. The Hall–Kier alpha value is -0.180. The zero-order chi connectivity index (χ0) is 11.4.